The molecule has 0 amide bonds. The number of aromatic hydroxyl groups is 1. The highest BCUT2D eigenvalue weighted by Gasteiger charge is 1.95. The maximum atomic E-state index is 9.05. The summed E-state index contributed by atoms with van der Waals surface area (Å²) in [5.41, 5.74) is 0.899. The SMILES string of the molecule is Oc1ccc(CNCCn2ccnn2)nc1. The summed E-state index contributed by atoms with van der Waals surface area (Å²) < 4.78 is 1.76. The van der Waals surface area contributed by atoms with Crippen LogP contribution in [0.4, 0.5) is 0 Å². The molecule has 0 atom stereocenters. The molecule has 0 unspecified atom stereocenters. The Morgan fingerprint density at radius 1 is 1.38 bits per heavy atom. The maximum absolute atomic E-state index is 9.05. The first-order chi connectivity index (χ1) is 7.84. The quantitative estimate of drug-likeness (QED) is 0.701. The molecule has 0 aliphatic rings. The minimum Gasteiger partial charge on any atom is -0.506 e. The van der Waals surface area contributed by atoms with Crippen molar-refractivity contribution in [2.24, 2.45) is 0 Å². The number of nitrogens with zero attached hydrogens (tertiary/aromatic N) is 4. The van der Waals surface area contributed by atoms with E-state index in [1.165, 1.54) is 6.20 Å². The molecule has 84 valence electrons. The molecule has 6 heteroatoms. The van der Waals surface area contributed by atoms with Crippen molar-refractivity contribution >= 4 is 0 Å². The summed E-state index contributed by atoms with van der Waals surface area (Å²) >= 11 is 0. The highest BCUT2D eigenvalue weighted by molar-refractivity contribution is 5.17. The van der Waals surface area contributed by atoms with E-state index in [1.54, 1.807) is 23.0 Å². The van der Waals surface area contributed by atoms with E-state index < -0.39 is 0 Å². The molecule has 2 heterocycles. The lowest BCUT2D eigenvalue weighted by molar-refractivity contribution is 0.471. The molecule has 6 nitrogen and oxygen atoms in total. The third-order valence-electron chi connectivity index (χ3n) is 2.10. The molecule has 0 bridgehead atoms. The number of nitrogens with one attached hydrogen (secondary N) is 1. The van der Waals surface area contributed by atoms with E-state index >= 15 is 0 Å². The van der Waals surface area contributed by atoms with E-state index in [0.717, 1.165) is 18.8 Å². The summed E-state index contributed by atoms with van der Waals surface area (Å²) in [4.78, 5) is 4.07. The molecule has 2 rings (SSSR count). The largest absolute Gasteiger partial charge is 0.506 e. The van der Waals surface area contributed by atoms with Gasteiger partial charge in [-0.2, -0.15) is 0 Å². The van der Waals surface area contributed by atoms with Crippen molar-refractivity contribution in [1.29, 1.82) is 0 Å². The minimum absolute atomic E-state index is 0.186. The molecule has 0 aromatic carbocycles. The summed E-state index contributed by atoms with van der Waals surface area (Å²) in [5, 5.41) is 19.8. The second-order valence-electron chi connectivity index (χ2n) is 3.35. The van der Waals surface area contributed by atoms with Gasteiger partial charge in [0.15, 0.2) is 0 Å². The van der Waals surface area contributed by atoms with Gasteiger partial charge >= 0.3 is 0 Å². The first-order valence-corrected chi connectivity index (χ1v) is 5.03. The standard InChI is InChI=1S/C10H13N5O/c16-10-2-1-9(12-8-10)7-11-3-5-15-6-4-13-14-15/h1-2,4,6,8,11,16H,3,5,7H2. The first-order valence-electron chi connectivity index (χ1n) is 5.03. The van der Waals surface area contributed by atoms with Crippen molar-refractivity contribution in [2.75, 3.05) is 6.54 Å². The van der Waals surface area contributed by atoms with E-state index in [4.69, 9.17) is 5.11 Å². The maximum Gasteiger partial charge on any atom is 0.133 e. The summed E-state index contributed by atoms with van der Waals surface area (Å²) in [6.45, 7) is 2.25. The first kappa shape index (κ1) is 10.6. The lowest BCUT2D eigenvalue weighted by atomic mass is 10.3. The van der Waals surface area contributed by atoms with Gasteiger partial charge in [0.1, 0.15) is 5.75 Å². The lowest BCUT2D eigenvalue weighted by Gasteiger charge is -2.04. The van der Waals surface area contributed by atoms with Gasteiger partial charge in [0, 0.05) is 19.3 Å². The molecular formula is C10H13N5O. The number of aromatic nitrogens is 4. The number of pyridine rings is 1. The van der Waals surface area contributed by atoms with Crippen LogP contribution in [0.1, 0.15) is 5.69 Å². The predicted molar refractivity (Wildman–Crippen MR) is 57.6 cm³/mol. The zero-order valence-electron chi connectivity index (χ0n) is 8.74. The van der Waals surface area contributed by atoms with Crippen molar-refractivity contribution in [1.82, 2.24) is 25.3 Å². The second kappa shape index (κ2) is 5.22. The molecule has 2 aromatic heterocycles. The fourth-order valence-electron chi connectivity index (χ4n) is 1.28. The normalized spacial score (nSPS) is 10.5. The average molecular weight is 219 g/mol. The zero-order chi connectivity index (χ0) is 11.2. The Hall–Kier alpha value is -1.95. The molecule has 2 aromatic rings. The summed E-state index contributed by atoms with van der Waals surface area (Å²) in [7, 11) is 0. The Bertz CT molecular complexity index is 411. The molecule has 0 saturated heterocycles. The van der Waals surface area contributed by atoms with Crippen LogP contribution in [-0.4, -0.2) is 31.6 Å². The minimum atomic E-state index is 0.186. The van der Waals surface area contributed by atoms with Crippen LogP contribution in [0, 0.1) is 0 Å². The van der Waals surface area contributed by atoms with Crippen LogP contribution in [0.15, 0.2) is 30.7 Å². The molecule has 0 saturated carbocycles. The van der Waals surface area contributed by atoms with E-state index in [9.17, 15) is 0 Å². The van der Waals surface area contributed by atoms with Crippen LogP contribution < -0.4 is 5.32 Å². The Morgan fingerprint density at radius 2 is 2.31 bits per heavy atom. The third kappa shape index (κ3) is 3.03. The fraction of sp³-hybridized carbons (Fsp3) is 0.300. The Labute approximate surface area is 92.9 Å². The fourth-order valence-corrected chi connectivity index (χ4v) is 1.28. The highest BCUT2D eigenvalue weighted by atomic mass is 16.3. The van der Waals surface area contributed by atoms with Crippen molar-refractivity contribution in [3.63, 3.8) is 0 Å². The van der Waals surface area contributed by atoms with Crippen molar-refractivity contribution in [2.45, 2.75) is 13.1 Å². The van der Waals surface area contributed by atoms with Gasteiger partial charge in [-0.1, -0.05) is 5.21 Å². The summed E-state index contributed by atoms with van der Waals surface area (Å²) in [6.07, 6.45) is 4.91. The molecule has 2 N–H and O–H groups in total. The second-order valence-corrected chi connectivity index (χ2v) is 3.35. The Morgan fingerprint density at radius 3 is 3.00 bits per heavy atom. The van der Waals surface area contributed by atoms with Crippen LogP contribution in [0.3, 0.4) is 0 Å². The van der Waals surface area contributed by atoms with E-state index in [2.05, 4.69) is 20.6 Å². The van der Waals surface area contributed by atoms with Gasteiger partial charge in [-0.05, 0) is 12.1 Å². The van der Waals surface area contributed by atoms with Gasteiger partial charge in [-0.15, -0.1) is 5.10 Å². The lowest BCUT2D eigenvalue weighted by Crippen LogP contribution is -2.20. The zero-order valence-corrected chi connectivity index (χ0v) is 8.74. The van der Waals surface area contributed by atoms with Gasteiger partial charge in [-0.3, -0.25) is 9.67 Å². The number of hydrogen-bond donors (Lipinski definition) is 2. The van der Waals surface area contributed by atoms with E-state index in [-0.39, 0.29) is 5.75 Å². The van der Waals surface area contributed by atoms with Crippen LogP contribution in [0.25, 0.3) is 0 Å². The monoisotopic (exact) mass is 219 g/mol. The van der Waals surface area contributed by atoms with E-state index in [1.807, 2.05) is 6.20 Å². The summed E-state index contributed by atoms with van der Waals surface area (Å²) in [6, 6.07) is 3.42. The van der Waals surface area contributed by atoms with Crippen LogP contribution in [-0.2, 0) is 13.1 Å². The predicted octanol–water partition coefficient (Wildman–Crippen LogP) is 0.168. The smallest absolute Gasteiger partial charge is 0.133 e. The number of hydrogen-bond acceptors (Lipinski definition) is 5. The van der Waals surface area contributed by atoms with Crippen molar-refractivity contribution < 1.29 is 5.11 Å². The van der Waals surface area contributed by atoms with Crippen molar-refractivity contribution in [3.05, 3.63) is 36.4 Å². The molecule has 16 heavy (non-hydrogen) atoms. The highest BCUT2D eigenvalue weighted by Crippen LogP contribution is 2.05. The van der Waals surface area contributed by atoms with Gasteiger partial charge < -0.3 is 10.4 Å². The molecule has 0 spiro atoms. The molecule has 0 fully saturated rings. The summed E-state index contributed by atoms with van der Waals surface area (Å²) in [5.74, 6) is 0.186. The third-order valence-corrected chi connectivity index (χ3v) is 2.10. The van der Waals surface area contributed by atoms with Crippen LogP contribution in [0.2, 0.25) is 0 Å². The molecule has 0 aliphatic heterocycles. The van der Waals surface area contributed by atoms with Gasteiger partial charge in [-0.25, -0.2) is 0 Å². The van der Waals surface area contributed by atoms with Crippen LogP contribution in [0.5, 0.6) is 5.75 Å². The van der Waals surface area contributed by atoms with E-state index in [0.29, 0.717) is 6.54 Å². The van der Waals surface area contributed by atoms with Crippen LogP contribution >= 0.6 is 0 Å². The van der Waals surface area contributed by atoms with Gasteiger partial charge in [0.2, 0.25) is 0 Å². The Balaban J connectivity index is 1.70. The Kier molecular flexibility index (Phi) is 3.45. The van der Waals surface area contributed by atoms with Gasteiger partial charge in [0.05, 0.1) is 24.6 Å². The molecule has 0 radical (unpaired) electrons. The molecular weight excluding hydrogens is 206 g/mol. The number of rotatable bonds is 5. The van der Waals surface area contributed by atoms with Crippen molar-refractivity contribution in [3.8, 4) is 5.75 Å². The molecule has 0 aliphatic carbocycles. The van der Waals surface area contributed by atoms with Gasteiger partial charge in [0.25, 0.3) is 0 Å². The topological polar surface area (TPSA) is 75.9 Å². The average Bonchev–Trinajstić information content (AvgIpc) is 2.80.